The molecule has 80 valence electrons. The molecular formula is C9H11N3O3. The summed E-state index contributed by atoms with van der Waals surface area (Å²) in [5.74, 6) is 0.504. The Morgan fingerprint density at radius 1 is 1.80 bits per heavy atom. The fourth-order valence-electron chi connectivity index (χ4n) is 1.35. The van der Waals surface area contributed by atoms with E-state index in [9.17, 15) is 4.79 Å². The Morgan fingerprint density at radius 3 is 3.33 bits per heavy atom. The molecule has 0 radical (unpaired) electrons. The lowest BCUT2D eigenvalue weighted by atomic mass is 10.3. The van der Waals surface area contributed by atoms with Crippen LogP contribution in [0.1, 0.15) is 6.92 Å². The van der Waals surface area contributed by atoms with Crippen molar-refractivity contribution in [2.45, 2.75) is 13.0 Å². The molecule has 6 nitrogen and oxygen atoms in total. The van der Waals surface area contributed by atoms with Gasteiger partial charge in [-0.2, -0.15) is 0 Å². The lowest BCUT2D eigenvalue weighted by Gasteiger charge is -2.23. The van der Waals surface area contributed by atoms with Gasteiger partial charge in [-0.15, -0.1) is 0 Å². The van der Waals surface area contributed by atoms with Crippen molar-refractivity contribution in [3.63, 3.8) is 0 Å². The van der Waals surface area contributed by atoms with Crippen LogP contribution in [-0.2, 0) is 0 Å². The van der Waals surface area contributed by atoms with Gasteiger partial charge in [0.1, 0.15) is 6.10 Å². The van der Waals surface area contributed by atoms with Crippen LogP contribution in [0.15, 0.2) is 12.3 Å². The second-order valence-corrected chi connectivity index (χ2v) is 3.32. The second kappa shape index (κ2) is 3.64. The van der Waals surface area contributed by atoms with E-state index in [0.29, 0.717) is 23.8 Å². The summed E-state index contributed by atoms with van der Waals surface area (Å²) in [6, 6.07) is 1.66. The molecule has 0 bridgehead atoms. The molecular weight excluding hydrogens is 198 g/mol. The van der Waals surface area contributed by atoms with Gasteiger partial charge in [0.2, 0.25) is 5.88 Å². The predicted octanol–water partition coefficient (Wildman–Crippen LogP) is 1.36. The minimum Gasteiger partial charge on any atom is -0.471 e. The van der Waals surface area contributed by atoms with Crippen LogP contribution in [0.25, 0.3) is 0 Å². The molecule has 15 heavy (non-hydrogen) atoms. The van der Waals surface area contributed by atoms with Gasteiger partial charge >= 0.3 is 6.09 Å². The molecule has 0 aromatic carbocycles. The highest BCUT2D eigenvalue weighted by Gasteiger charge is 2.17. The van der Waals surface area contributed by atoms with Gasteiger partial charge < -0.3 is 15.2 Å². The maximum absolute atomic E-state index is 10.4. The van der Waals surface area contributed by atoms with Crippen LogP contribution in [0.3, 0.4) is 0 Å². The molecule has 1 aromatic heterocycles. The molecule has 0 saturated carbocycles. The van der Waals surface area contributed by atoms with E-state index in [1.807, 2.05) is 6.92 Å². The van der Waals surface area contributed by atoms with E-state index in [1.165, 1.54) is 6.20 Å². The summed E-state index contributed by atoms with van der Waals surface area (Å²) in [6.45, 7) is 2.62. The first-order valence-corrected chi connectivity index (χ1v) is 4.55. The van der Waals surface area contributed by atoms with E-state index >= 15 is 0 Å². The molecule has 1 aliphatic rings. The zero-order valence-corrected chi connectivity index (χ0v) is 8.15. The first-order valence-electron chi connectivity index (χ1n) is 4.55. The van der Waals surface area contributed by atoms with E-state index in [1.54, 1.807) is 6.07 Å². The van der Waals surface area contributed by atoms with Crippen LogP contribution in [0, 0.1) is 0 Å². The zero-order valence-electron chi connectivity index (χ0n) is 8.15. The van der Waals surface area contributed by atoms with E-state index in [0.717, 1.165) is 0 Å². The molecule has 0 saturated heterocycles. The van der Waals surface area contributed by atoms with Crippen molar-refractivity contribution in [1.82, 2.24) is 4.98 Å². The summed E-state index contributed by atoms with van der Waals surface area (Å²) in [5, 5.41) is 13.9. The van der Waals surface area contributed by atoms with Crippen LogP contribution in [0.4, 0.5) is 16.2 Å². The molecule has 0 aliphatic carbocycles. The average molecular weight is 209 g/mol. The third-order valence-electron chi connectivity index (χ3n) is 2.00. The van der Waals surface area contributed by atoms with Gasteiger partial charge in [-0.25, -0.2) is 9.78 Å². The maximum atomic E-state index is 10.4. The van der Waals surface area contributed by atoms with Crippen LogP contribution in [0.5, 0.6) is 5.88 Å². The number of carbonyl (C=O) groups is 1. The smallest absolute Gasteiger partial charge is 0.409 e. The molecule has 6 heteroatoms. The van der Waals surface area contributed by atoms with E-state index < -0.39 is 6.09 Å². The SMILES string of the molecule is CC1CNc2cc(NC(=O)O)cnc2O1. The summed E-state index contributed by atoms with van der Waals surface area (Å²) >= 11 is 0. The number of fused-ring (bicyclic) bond motifs is 1. The number of rotatable bonds is 1. The third kappa shape index (κ3) is 2.09. The van der Waals surface area contributed by atoms with Crippen molar-refractivity contribution >= 4 is 17.5 Å². The maximum Gasteiger partial charge on any atom is 0.409 e. The highest BCUT2D eigenvalue weighted by Crippen LogP contribution is 2.28. The minimum absolute atomic E-state index is 0.0725. The number of aromatic nitrogens is 1. The number of anilines is 2. The molecule has 0 fully saturated rings. The topological polar surface area (TPSA) is 83.5 Å². The number of hydrogen-bond acceptors (Lipinski definition) is 4. The molecule has 3 N–H and O–H groups in total. The standard InChI is InChI=1S/C9H11N3O3/c1-5-3-10-7-2-6(12-9(13)14)4-11-8(7)15-5/h2,4-5,10,12H,3H2,1H3,(H,13,14). The molecule has 2 rings (SSSR count). The predicted molar refractivity (Wildman–Crippen MR) is 54.5 cm³/mol. The van der Waals surface area contributed by atoms with Crippen molar-refractivity contribution in [2.75, 3.05) is 17.2 Å². The second-order valence-electron chi connectivity index (χ2n) is 3.32. The molecule has 1 atom stereocenters. The fourth-order valence-corrected chi connectivity index (χ4v) is 1.35. The van der Waals surface area contributed by atoms with Gasteiger partial charge in [0, 0.05) is 0 Å². The van der Waals surface area contributed by atoms with E-state index in [2.05, 4.69) is 15.6 Å². The Balaban J connectivity index is 2.23. The first kappa shape index (κ1) is 9.57. The number of ether oxygens (including phenoxy) is 1. The van der Waals surface area contributed by atoms with Gasteiger partial charge in [-0.3, -0.25) is 5.32 Å². The van der Waals surface area contributed by atoms with Crippen molar-refractivity contribution in [3.8, 4) is 5.88 Å². The van der Waals surface area contributed by atoms with Crippen LogP contribution in [0.2, 0.25) is 0 Å². The van der Waals surface area contributed by atoms with Gasteiger partial charge in [0.05, 0.1) is 24.1 Å². The Labute approximate surface area is 86.3 Å². The molecule has 1 aliphatic heterocycles. The Hall–Kier alpha value is -1.98. The summed E-state index contributed by atoms with van der Waals surface area (Å²) in [5.41, 5.74) is 1.13. The molecule has 0 spiro atoms. The summed E-state index contributed by atoms with van der Waals surface area (Å²) in [4.78, 5) is 14.4. The van der Waals surface area contributed by atoms with Gasteiger partial charge in [0.15, 0.2) is 0 Å². The van der Waals surface area contributed by atoms with Crippen molar-refractivity contribution in [1.29, 1.82) is 0 Å². The van der Waals surface area contributed by atoms with E-state index in [4.69, 9.17) is 9.84 Å². The lowest BCUT2D eigenvalue weighted by molar-refractivity contribution is 0.209. The monoisotopic (exact) mass is 209 g/mol. The normalized spacial score (nSPS) is 18.3. The number of hydrogen-bond donors (Lipinski definition) is 3. The molecule has 1 unspecified atom stereocenters. The minimum atomic E-state index is -1.11. The van der Waals surface area contributed by atoms with Gasteiger partial charge in [0.25, 0.3) is 0 Å². The van der Waals surface area contributed by atoms with Crippen molar-refractivity contribution in [3.05, 3.63) is 12.3 Å². The number of amides is 1. The lowest BCUT2D eigenvalue weighted by Crippen LogP contribution is -2.28. The first-order chi connectivity index (χ1) is 7.15. The van der Waals surface area contributed by atoms with Gasteiger partial charge in [-0.05, 0) is 13.0 Å². The number of nitrogens with zero attached hydrogens (tertiary/aromatic N) is 1. The Morgan fingerprint density at radius 2 is 2.60 bits per heavy atom. The van der Waals surface area contributed by atoms with Crippen molar-refractivity contribution in [2.24, 2.45) is 0 Å². The Kier molecular flexibility index (Phi) is 2.32. The summed E-state index contributed by atoms with van der Waals surface area (Å²) in [6.07, 6.45) is 0.386. The number of pyridine rings is 1. The average Bonchev–Trinajstić information content (AvgIpc) is 2.17. The molecule has 1 aromatic rings. The highest BCUT2D eigenvalue weighted by atomic mass is 16.5. The largest absolute Gasteiger partial charge is 0.471 e. The van der Waals surface area contributed by atoms with E-state index in [-0.39, 0.29) is 6.10 Å². The summed E-state index contributed by atoms with van der Waals surface area (Å²) < 4.78 is 5.44. The molecule has 2 heterocycles. The number of nitrogens with one attached hydrogen (secondary N) is 2. The quantitative estimate of drug-likeness (QED) is 0.650. The van der Waals surface area contributed by atoms with Crippen molar-refractivity contribution < 1.29 is 14.6 Å². The Bertz CT molecular complexity index is 394. The highest BCUT2D eigenvalue weighted by molar-refractivity contribution is 5.83. The number of carboxylic acid groups (broad SMARTS) is 1. The molecule has 1 amide bonds. The third-order valence-corrected chi connectivity index (χ3v) is 2.00. The van der Waals surface area contributed by atoms with Crippen LogP contribution in [-0.4, -0.2) is 28.8 Å². The van der Waals surface area contributed by atoms with Crippen LogP contribution < -0.4 is 15.4 Å². The summed E-state index contributed by atoms with van der Waals surface area (Å²) in [7, 11) is 0. The van der Waals surface area contributed by atoms with Gasteiger partial charge in [-0.1, -0.05) is 0 Å². The van der Waals surface area contributed by atoms with Crippen LogP contribution >= 0.6 is 0 Å². The zero-order chi connectivity index (χ0) is 10.8. The fraction of sp³-hybridized carbons (Fsp3) is 0.333.